The second kappa shape index (κ2) is 5.38. The Morgan fingerprint density at radius 1 is 0.800 bits per heavy atom. The Hall–Kier alpha value is -2.28. The molecular formula is C19H19N. The van der Waals surface area contributed by atoms with Crippen LogP contribution in [0.4, 0.5) is 5.69 Å². The minimum Gasteiger partial charge on any atom is -0.381 e. The van der Waals surface area contributed by atoms with Gasteiger partial charge in [-0.25, -0.2) is 0 Å². The van der Waals surface area contributed by atoms with Gasteiger partial charge in [0.2, 0.25) is 0 Å². The van der Waals surface area contributed by atoms with Crippen LogP contribution in [-0.4, -0.2) is 0 Å². The molecule has 0 fully saturated rings. The molecule has 20 heavy (non-hydrogen) atoms. The molecular weight excluding hydrogens is 242 g/mol. The van der Waals surface area contributed by atoms with Crippen molar-refractivity contribution in [1.29, 1.82) is 0 Å². The van der Waals surface area contributed by atoms with Gasteiger partial charge in [0.05, 0.1) is 0 Å². The van der Waals surface area contributed by atoms with Gasteiger partial charge in [0, 0.05) is 12.2 Å². The summed E-state index contributed by atoms with van der Waals surface area (Å²) in [6.07, 6.45) is 0. The number of hydrogen-bond acceptors (Lipinski definition) is 1. The number of anilines is 1. The van der Waals surface area contributed by atoms with Crippen molar-refractivity contribution in [2.45, 2.75) is 20.4 Å². The molecule has 3 rings (SSSR count). The van der Waals surface area contributed by atoms with Gasteiger partial charge in [-0.3, -0.25) is 0 Å². The molecule has 1 heteroatoms. The highest BCUT2D eigenvalue weighted by molar-refractivity contribution is 5.85. The van der Waals surface area contributed by atoms with Crippen LogP contribution < -0.4 is 5.32 Å². The summed E-state index contributed by atoms with van der Waals surface area (Å²) in [4.78, 5) is 0. The SMILES string of the molecule is Cc1ccc(C)c(CNc2ccc3ccccc3c2)c1. The molecule has 0 radical (unpaired) electrons. The van der Waals surface area contributed by atoms with Crippen LogP contribution in [0.1, 0.15) is 16.7 Å². The summed E-state index contributed by atoms with van der Waals surface area (Å²) >= 11 is 0. The van der Waals surface area contributed by atoms with E-state index in [1.807, 2.05) is 0 Å². The highest BCUT2D eigenvalue weighted by Crippen LogP contribution is 2.20. The molecule has 0 saturated heterocycles. The maximum atomic E-state index is 3.52. The third kappa shape index (κ3) is 2.67. The number of hydrogen-bond donors (Lipinski definition) is 1. The van der Waals surface area contributed by atoms with Gasteiger partial charge < -0.3 is 5.32 Å². The zero-order valence-electron chi connectivity index (χ0n) is 12.0. The molecule has 0 aliphatic rings. The number of rotatable bonds is 3. The summed E-state index contributed by atoms with van der Waals surface area (Å²) in [6, 6.07) is 21.6. The lowest BCUT2D eigenvalue weighted by atomic mass is 10.1. The molecule has 0 amide bonds. The average Bonchev–Trinajstić information content (AvgIpc) is 2.48. The molecule has 0 bridgehead atoms. The highest BCUT2D eigenvalue weighted by atomic mass is 14.9. The molecule has 1 N–H and O–H groups in total. The van der Waals surface area contributed by atoms with E-state index in [0.717, 1.165) is 6.54 Å². The number of fused-ring (bicyclic) bond motifs is 1. The monoisotopic (exact) mass is 261 g/mol. The Kier molecular flexibility index (Phi) is 3.42. The maximum Gasteiger partial charge on any atom is 0.0403 e. The predicted molar refractivity (Wildman–Crippen MR) is 87.2 cm³/mol. The number of aryl methyl sites for hydroxylation is 2. The summed E-state index contributed by atoms with van der Waals surface area (Å²) in [5.74, 6) is 0. The first kappa shape index (κ1) is 12.7. The maximum absolute atomic E-state index is 3.52. The molecule has 0 unspecified atom stereocenters. The minimum atomic E-state index is 0.867. The van der Waals surface area contributed by atoms with Gasteiger partial charge in [0.15, 0.2) is 0 Å². The first-order valence-corrected chi connectivity index (χ1v) is 7.01. The van der Waals surface area contributed by atoms with Gasteiger partial charge in [-0.1, -0.05) is 54.1 Å². The minimum absolute atomic E-state index is 0.867. The zero-order valence-corrected chi connectivity index (χ0v) is 12.0. The van der Waals surface area contributed by atoms with E-state index in [0.29, 0.717) is 0 Å². The molecule has 1 nitrogen and oxygen atoms in total. The van der Waals surface area contributed by atoms with Crippen LogP contribution in [0.25, 0.3) is 10.8 Å². The third-order valence-electron chi connectivity index (χ3n) is 3.74. The van der Waals surface area contributed by atoms with Crippen molar-refractivity contribution in [3.05, 3.63) is 77.4 Å². The lowest BCUT2D eigenvalue weighted by molar-refractivity contribution is 1.11. The molecule has 0 aromatic heterocycles. The van der Waals surface area contributed by atoms with Crippen molar-refractivity contribution < 1.29 is 0 Å². The average molecular weight is 261 g/mol. The van der Waals surface area contributed by atoms with Gasteiger partial charge in [-0.15, -0.1) is 0 Å². The van der Waals surface area contributed by atoms with E-state index in [1.54, 1.807) is 0 Å². The summed E-state index contributed by atoms with van der Waals surface area (Å²) in [6.45, 7) is 5.17. The van der Waals surface area contributed by atoms with Crippen molar-refractivity contribution in [1.82, 2.24) is 0 Å². The topological polar surface area (TPSA) is 12.0 Å². The van der Waals surface area contributed by atoms with E-state index in [1.165, 1.54) is 33.2 Å². The number of benzene rings is 3. The van der Waals surface area contributed by atoms with Crippen LogP contribution in [-0.2, 0) is 6.54 Å². The Bertz CT molecular complexity index is 744. The molecule has 0 aliphatic heterocycles. The Morgan fingerprint density at radius 2 is 1.60 bits per heavy atom. The normalized spacial score (nSPS) is 10.7. The van der Waals surface area contributed by atoms with Crippen molar-refractivity contribution in [3.63, 3.8) is 0 Å². The Labute approximate surface area is 120 Å². The van der Waals surface area contributed by atoms with Gasteiger partial charge in [0.1, 0.15) is 0 Å². The van der Waals surface area contributed by atoms with Gasteiger partial charge in [-0.2, -0.15) is 0 Å². The van der Waals surface area contributed by atoms with E-state index in [2.05, 4.69) is 79.8 Å². The summed E-state index contributed by atoms with van der Waals surface area (Å²) in [5.41, 5.74) is 5.18. The lowest BCUT2D eigenvalue weighted by Gasteiger charge is -2.11. The van der Waals surface area contributed by atoms with Crippen molar-refractivity contribution >= 4 is 16.5 Å². The number of nitrogens with one attached hydrogen (secondary N) is 1. The van der Waals surface area contributed by atoms with E-state index < -0.39 is 0 Å². The standard InChI is InChI=1S/C19H19N/c1-14-7-8-15(2)18(11-14)13-20-19-10-9-16-5-3-4-6-17(16)12-19/h3-12,20H,13H2,1-2H3. The van der Waals surface area contributed by atoms with Crippen LogP contribution in [0.2, 0.25) is 0 Å². The fraction of sp³-hybridized carbons (Fsp3) is 0.158. The summed E-state index contributed by atoms with van der Waals surface area (Å²) in [5, 5.41) is 6.08. The lowest BCUT2D eigenvalue weighted by Crippen LogP contribution is -2.01. The second-order valence-electron chi connectivity index (χ2n) is 5.35. The quantitative estimate of drug-likeness (QED) is 0.694. The van der Waals surface area contributed by atoms with Gasteiger partial charge >= 0.3 is 0 Å². The molecule has 3 aromatic carbocycles. The molecule has 0 atom stereocenters. The van der Waals surface area contributed by atoms with Crippen LogP contribution in [0, 0.1) is 13.8 Å². The summed E-state index contributed by atoms with van der Waals surface area (Å²) in [7, 11) is 0. The van der Waals surface area contributed by atoms with Crippen LogP contribution >= 0.6 is 0 Å². The fourth-order valence-corrected chi connectivity index (χ4v) is 2.49. The molecule has 0 spiro atoms. The van der Waals surface area contributed by atoms with Crippen molar-refractivity contribution in [3.8, 4) is 0 Å². The van der Waals surface area contributed by atoms with E-state index >= 15 is 0 Å². The van der Waals surface area contributed by atoms with E-state index in [9.17, 15) is 0 Å². The molecule has 3 aromatic rings. The van der Waals surface area contributed by atoms with Crippen LogP contribution in [0.5, 0.6) is 0 Å². The van der Waals surface area contributed by atoms with Crippen LogP contribution in [0.15, 0.2) is 60.7 Å². The molecule has 0 aliphatic carbocycles. The van der Waals surface area contributed by atoms with Crippen LogP contribution in [0.3, 0.4) is 0 Å². The van der Waals surface area contributed by atoms with Crippen molar-refractivity contribution in [2.75, 3.05) is 5.32 Å². The van der Waals surface area contributed by atoms with E-state index in [4.69, 9.17) is 0 Å². The molecule has 0 saturated carbocycles. The highest BCUT2D eigenvalue weighted by Gasteiger charge is 2.00. The summed E-state index contributed by atoms with van der Waals surface area (Å²) < 4.78 is 0. The third-order valence-corrected chi connectivity index (χ3v) is 3.74. The first-order valence-electron chi connectivity index (χ1n) is 7.01. The largest absolute Gasteiger partial charge is 0.381 e. The Balaban J connectivity index is 1.81. The predicted octanol–water partition coefficient (Wildman–Crippen LogP) is 5.07. The zero-order chi connectivity index (χ0) is 13.9. The van der Waals surface area contributed by atoms with E-state index in [-0.39, 0.29) is 0 Å². The van der Waals surface area contributed by atoms with Gasteiger partial charge in [0.25, 0.3) is 0 Å². The fourth-order valence-electron chi connectivity index (χ4n) is 2.49. The van der Waals surface area contributed by atoms with Crippen molar-refractivity contribution in [2.24, 2.45) is 0 Å². The first-order chi connectivity index (χ1) is 9.72. The Morgan fingerprint density at radius 3 is 2.45 bits per heavy atom. The second-order valence-corrected chi connectivity index (χ2v) is 5.35. The molecule has 100 valence electrons. The smallest absolute Gasteiger partial charge is 0.0403 e. The molecule has 0 heterocycles. The van der Waals surface area contributed by atoms with Gasteiger partial charge in [-0.05, 0) is 47.9 Å².